The molecule has 0 atom stereocenters. The van der Waals surface area contributed by atoms with E-state index in [1.54, 1.807) is 24.3 Å². The zero-order valence-corrected chi connectivity index (χ0v) is 8.70. The van der Waals surface area contributed by atoms with E-state index in [0.29, 0.717) is 5.56 Å². The largest absolute Gasteiger partial charge is 0.435 e. The Balaban J connectivity index is 2.45. The van der Waals surface area contributed by atoms with E-state index in [9.17, 15) is 13.2 Å². The molecule has 0 spiro atoms. The molecule has 0 unspecified atom stereocenters. The van der Waals surface area contributed by atoms with Crippen LogP contribution >= 0.6 is 0 Å². The second-order valence-corrected chi connectivity index (χ2v) is 3.53. The first-order valence-electron chi connectivity index (χ1n) is 4.86. The molecule has 1 aromatic heterocycles. The normalized spacial score (nSPS) is 11.5. The average molecular weight is 238 g/mol. The van der Waals surface area contributed by atoms with E-state index in [1.807, 2.05) is 6.07 Å². The van der Waals surface area contributed by atoms with Gasteiger partial charge < -0.3 is 5.73 Å². The van der Waals surface area contributed by atoms with Crippen molar-refractivity contribution in [3.05, 3.63) is 48.3 Å². The second-order valence-electron chi connectivity index (χ2n) is 3.53. The topological polar surface area (TPSA) is 38.9 Å². The van der Waals surface area contributed by atoms with Crippen LogP contribution in [0.15, 0.2) is 42.6 Å². The summed E-state index contributed by atoms with van der Waals surface area (Å²) in [4.78, 5) is 3.38. The van der Waals surface area contributed by atoms with E-state index in [0.717, 1.165) is 5.56 Å². The predicted molar refractivity (Wildman–Crippen MR) is 59.1 cm³/mol. The molecule has 17 heavy (non-hydrogen) atoms. The number of nitrogen functional groups attached to an aromatic ring is 1. The molecular weight excluding hydrogens is 229 g/mol. The third-order valence-corrected chi connectivity index (χ3v) is 2.29. The summed E-state index contributed by atoms with van der Waals surface area (Å²) in [6.45, 7) is 0. The van der Waals surface area contributed by atoms with Crippen molar-refractivity contribution in [2.24, 2.45) is 0 Å². The molecule has 2 nitrogen and oxygen atoms in total. The number of nitrogens with zero attached hydrogens (tertiary/aromatic N) is 1. The molecule has 5 heteroatoms. The number of alkyl halides is 3. The lowest BCUT2D eigenvalue weighted by Gasteiger charge is -2.10. The van der Waals surface area contributed by atoms with E-state index in [4.69, 9.17) is 5.73 Å². The van der Waals surface area contributed by atoms with E-state index < -0.39 is 11.9 Å². The first-order valence-corrected chi connectivity index (χ1v) is 4.86. The number of benzene rings is 1. The maximum absolute atomic E-state index is 12.4. The van der Waals surface area contributed by atoms with Crippen molar-refractivity contribution in [3.63, 3.8) is 0 Å². The number of rotatable bonds is 1. The van der Waals surface area contributed by atoms with Crippen molar-refractivity contribution in [2.75, 3.05) is 5.73 Å². The average Bonchev–Trinajstić information content (AvgIpc) is 2.28. The van der Waals surface area contributed by atoms with Crippen molar-refractivity contribution < 1.29 is 13.2 Å². The summed E-state index contributed by atoms with van der Waals surface area (Å²) >= 11 is 0. The van der Waals surface area contributed by atoms with Gasteiger partial charge in [-0.2, -0.15) is 13.2 Å². The first-order chi connectivity index (χ1) is 7.98. The van der Waals surface area contributed by atoms with Gasteiger partial charge in [0.05, 0.1) is 5.69 Å². The highest BCUT2D eigenvalue weighted by Crippen LogP contribution is 2.33. The summed E-state index contributed by atoms with van der Waals surface area (Å²) in [7, 11) is 0. The van der Waals surface area contributed by atoms with E-state index in [2.05, 4.69) is 4.98 Å². The molecule has 2 N–H and O–H groups in total. The Morgan fingerprint density at radius 2 is 1.65 bits per heavy atom. The lowest BCUT2D eigenvalue weighted by molar-refractivity contribution is -0.140. The molecule has 0 aliphatic carbocycles. The van der Waals surface area contributed by atoms with Crippen molar-refractivity contribution in [3.8, 4) is 11.1 Å². The summed E-state index contributed by atoms with van der Waals surface area (Å²) < 4.78 is 37.3. The zero-order chi connectivity index (χ0) is 12.5. The molecule has 0 saturated carbocycles. The zero-order valence-electron chi connectivity index (χ0n) is 8.70. The fourth-order valence-corrected chi connectivity index (χ4v) is 1.51. The van der Waals surface area contributed by atoms with Gasteiger partial charge in [0.1, 0.15) is 0 Å². The van der Waals surface area contributed by atoms with Gasteiger partial charge in [0.25, 0.3) is 0 Å². The van der Waals surface area contributed by atoms with E-state index in [-0.39, 0.29) is 5.69 Å². The van der Waals surface area contributed by atoms with Crippen LogP contribution in [-0.2, 0) is 6.18 Å². The van der Waals surface area contributed by atoms with Crippen LogP contribution in [0.1, 0.15) is 5.69 Å². The Morgan fingerprint density at radius 3 is 2.18 bits per heavy atom. The van der Waals surface area contributed by atoms with Gasteiger partial charge in [-0.25, -0.2) is 4.98 Å². The number of pyridine rings is 1. The highest BCUT2D eigenvalue weighted by atomic mass is 19.4. The van der Waals surface area contributed by atoms with Crippen molar-refractivity contribution >= 4 is 5.69 Å². The molecule has 1 aromatic carbocycles. The number of halogens is 3. The summed E-state index contributed by atoms with van der Waals surface area (Å²) in [5.41, 5.74) is 5.30. The monoisotopic (exact) mass is 238 g/mol. The fourth-order valence-electron chi connectivity index (χ4n) is 1.51. The van der Waals surface area contributed by atoms with E-state index in [1.165, 1.54) is 12.3 Å². The fraction of sp³-hybridized carbons (Fsp3) is 0.0833. The lowest BCUT2D eigenvalue weighted by atomic mass is 10.1. The van der Waals surface area contributed by atoms with Crippen molar-refractivity contribution in [1.29, 1.82) is 0 Å². The molecule has 2 rings (SSSR count). The molecule has 0 amide bonds. The lowest BCUT2D eigenvalue weighted by Crippen LogP contribution is -2.11. The van der Waals surface area contributed by atoms with E-state index >= 15 is 0 Å². The molecule has 0 aliphatic rings. The van der Waals surface area contributed by atoms with Crippen LogP contribution in [0, 0.1) is 0 Å². The van der Waals surface area contributed by atoms with Gasteiger partial charge in [-0.15, -0.1) is 0 Å². The summed E-state index contributed by atoms with van der Waals surface area (Å²) in [5.74, 6) is 0. The summed E-state index contributed by atoms with van der Waals surface area (Å²) in [6, 6.07) is 10.3. The molecule has 88 valence electrons. The third-order valence-electron chi connectivity index (χ3n) is 2.29. The highest BCUT2D eigenvalue weighted by Gasteiger charge is 2.34. The Hall–Kier alpha value is -2.04. The van der Waals surface area contributed by atoms with Gasteiger partial charge in [-0.05, 0) is 11.6 Å². The standard InChI is InChI=1S/C12H9F3N2/c13-12(14,15)11-10(16)6-9(7-17-11)8-4-2-1-3-5-8/h1-7H,16H2. The van der Waals surface area contributed by atoms with Crippen LogP contribution in [0.25, 0.3) is 11.1 Å². The van der Waals surface area contributed by atoms with Crippen LogP contribution in [-0.4, -0.2) is 4.98 Å². The summed E-state index contributed by atoms with van der Waals surface area (Å²) in [6.07, 6.45) is -3.34. The van der Waals surface area contributed by atoms with Crippen LogP contribution in [0.4, 0.5) is 18.9 Å². The molecule has 1 heterocycles. The molecule has 2 aromatic rings. The van der Waals surface area contributed by atoms with Crippen LogP contribution in [0.3, 0.4) is 0 Å². The minimum atomic E-state index is -4.51. The van der Waals surface area contributed by atoms with Gasteiger partial charge in [0, 0.05) is 11.8 Å². The molecule has 0 bridgehead atoms. The Kier molecular flexibility index (Phi) is 2.75. The minimum absolute atomic E-state index is 0.362. The number of hydrogen-bond donors (Lipinski definition) is 1. The Bertz CT molecular complexity index is 521. The molecule has 0 aliphatic heterocycles. The number of aromatic nitrogens is 1. The molecule has 0 radical (unpaired) electrons. The number of anilines is 1. The Labute approximate surface area is 95.9 Å². The van der Waals surface area contributed by atoms with Crippen LogP contribution in [0.5, 0.6) is 0 Å². The SMILES string of the molecule is Nc1cc(-c2ccccc2)cnc1C(F)(F)F. The number of nitrogens with two attached hydrogens (primary N) is 1. The maximum atomic E-state index is 12.4. The van der Waals surface area contributed by atoms with Crippen molar-refractivity contribution in [1.82, 2.24) is 4.98 Å². The maximum Gasteiger partial charge on any atom is 0.435 e. The van der Waals surface area contributed by atoms with Gasteiger partial charge >= 0.3 is 6.18 Å². The van der Waals surface area contributed by atoms with Crippen molar-refractivity contribution in [2.45, 2.75) is 6.18 Å². The number of hydrogen-bond acceptors (Lipinski definition) is 2. The third kappa shape index (κ3) is 2.38. The van der Waals surface area contributed by atoms with Gasteiger partial charge in [0.2, 0.25) is 0 Å². The first kappa shape index (κ1) is 11.4. The predicted octanol–water partition coefficient (Wildman–Crippen LogP) is 3.35. The molecular formula is C12H9F3N2. The molecule has 0 fully saturated rings. The van der Waals surface area contributed by atoms with Gasteiger partial charge in [-0.3, -0.25) is 0 Å². The molecule has 0 saturated heterocycles. The summed E-state index contributed by atoms with van der Waals surface area (Å²) in [5, 5.41) is 0. The van der Waals surface area contributed by atoms with Gasteiger partial charge in [-0.1, -0.05) is 30.3 Å². The smallest absolute Gasteiger partial charge is 0.397 e. The minimum Gasteiger partial charge on any atom is -0.397 e. The highest BCUT2D eigenvalue weighted by molar-refractivity contribution is 5.67. The quantitative estimate of drug-likeness (QED) is 0.827. The second kappa shape index (κ2) is 4.08. The Morgan fingerprint density at radius 1 is 1.00 bits per heavy atom. The van der Waals surface area contributed by atoms with Gasteiger partial charge in [0.15, 0.2) is 5.69 Å². The van der Waals surface area contributed by atoms with Crippen LogP contribution in [0.2, 0.25) is 0 Å². The van der Waals surface area contributed by atoms with Crippen LogP contribution < -0.4 is 5.73 Å².